The highest BCUT2D eigenvalue weighted by atomic mass is 16.5. The van der Waals surface area contributed by atoms with Crippen molar-refractivity contribution in [1.82, 2.24) is 0 Å². The molecule has 1 aliphatic heterocycles. The second kappa shape index (κ2) is 6.12. The number of aryl methyl sites for hydroxylation is 1. The predicted octanol–water partition coefficient (Wildman–Crippen LogP) is 6.04. The average molecular weight is 288 g/mol. The predicted molar refractivity (Wildman–Crippen MR) is 91.2 cm³/mol. The fourth-order valence-corrected chi connectivity index (χ4v) is 3.96. The Labute approximate surface area is 131 Å². The van der Waals surface area contributed by atoms with Gasteiger partial charge in [-0.1, -0.05) is 33.8 Å². The number of fused-ring (bicyclic) bond motifs is 1. The molecule has 1 heterocycles. The molecule has 1 aromatic carbocycles. The number of hydrogen-bond acceptors (Lipinski definition) is 1. The van der Waals surface area contributed by atoms with Gasteiger partial charge in [0.25, 0.3) is 0 Å². The number of benzene rings is 1. The van der Waals surface area contributed by atoms with E-state index < -0.39 is 0 Å². The van der Waals surface area contributed by atoms with Gasteiger partial charge in [0.15, 0.2) is 0 Å². The van der Waals surface area contributed by atoms with Crippen LogP contribution in [0.4, 0.5) is 0 Å². The van der Waals surface area contributed by atoms with Crippen molar-refractivity contribution in [3.63, 3.8) is 0 Å². The summed E-state index contributed by atoms with van der Waals surface area (Å²) in [4.78, 5) is 0. The maximum absolute atomic E-state index is 6.29. The van der Waals surface area contributed by atoms with E-state index in [1.54, 1.807) is 5.56 Å². The van der Waals surface area contributed by atoms with Gasteiger partial charge in [0.05, 0.1) is 12.2 Å². The smallest absolute Gasteiger partial charge is 0.0805 e. The Morgan fingerprint density at radius 1 is 1.05 bits per heavy atom. The summed E-state index contributed by atoms with van der Waals surface area (Å²) < 4.78 is 6.29. The van der Waals surface area contributed by atoms with E-state index in [0.717, 1.165) is 6.42 Å². The highest BCUT2D eigenvalue weighted by Gasteiger charge is 2.32. The summed E-state index contributed by atoms with van der Waals surface area (Å²) in [7, 11) is 0. The van der Waals surface area contributed by atoms with Crippen molar-refractivity contribution in [2.75, 3.05) is 0 Å². The highest BCUT2D eigenvalue weighted by molar-refractivity contribution is 5.50. The molecule has 3 atom stereocenters. The standard InChI is InChI=1S/C20H32O/c1-11(2)17-9-13(5)15(7)19-16(8)21-14(6)10-18(12(3)4)20(17)19/h9,11-12,14,16,18H,10H2,1-8H3/t14-,16+,18?/m0/s1. The van der Waals surface area contributed by atoms with Crippen molar-refractivity contribution in [3.05, 3.63) is 33.9 Å². The Bertz CT molecular complexity index is 513. The second-order valence-electron chi connectivity index (χ2n) is 7.56. The monoisotopic (exact) mass is 288 g/mol. The fourth-order valence-electron chi connectivity index (χ4n) is 3.96. The van der Waals surface area contributed by atoms with Gasteiger partial charge in [-0.2, -0.15) is 0 Å². The summed E-state index contributed by atoms with van der Waals surface area (Å²) in [5.41, 5.74) is 7.45. The minimum Gasteiger partial charge on any atom is -0.371 e. The first-order valence-corrected chi connectivity index (χ1v) is 8.53. The van der Waals surface area contributed by atoms with Crippen molar-refractivity contribution in [2.45, 2.75) is 85.9 Å². The van der Waals surface area contributed by atoms with E-state index in [4.69, 9.17) is 4.74 Å². The zero-order chi connectivity index (χ0) is 15.9. The van der Waals surface area contributed by atoms with Gasteiger partial charge in [-0.15, -0.1) is 0 Å². The average Bonchev–Trinajstić information content (AvgIpc) is 2.50. The Hall–Kier alpha value is -0.820. The van der Waals surface area contributed by atoms with Gasteiger partial charge in [0.2, 0.25) is 0 Å². The fraction of sp³-hybridized carbons (Fsp3) is 0.700. The molecule has 0 aliphatic carbocycles. The zero-order valence-electron chi connectivity index (χ0n) is 15.1. The van der Waals surface area contributed by atoms with Crippen LogP contribution in [0.1, 0.15) is 93.7 Å². The summed E-state index contributed by atoms with van der Waals surface area (Å²) in [6, 6.07) is 2.43. The van der Waals surface area contributed by atoms with Gasteiger partial charge in [0.1, 0.15) is 0 Å². The Balaban J connectivity index is 2.77. The van der Waals surface area contributed by atoms with Gasteiger partial charge >= 0.3 is 0 Å². The molecule has 1 aliphatic rings. The van der Waals surface area contributed by atoms with Crippen LogP contribution >= 0.6 is 0 Å². The van der Waals surface area contributed by atoms with Crippen LogP contribution in [0.2, 0.25) is 0 Å². The lowest BCUT2D eigenvalue weighted by molar-refractivity contribution is 0.00430. The van der Waals surface area contributed by atoms with Gasteiger partial charge < -0.3 is 4.74 Å². The second-order valence-corrected chi connectivity index (χ2v) is 7.56. The molecule has 0 aromatic heterocycles. The Morgan fingerprint density at radius 3 is 2.19 bits per heavy atom. The molecule has 0 bridgehead atoms. The van der Waals surface area contributed by atoms with Crippen LogP contribution in [0.15, 0.2) is 6.07 Å². The molecule has 1 nitrogen and oxygen atoms in total. The molecule has 118 valence electrons. The summed E-state index contributed by atoms with van der Waals surface area (Å²) in [5, 5.41) is 0. The normalized spacial score (nSPS) is 26.1. The molecule has 0 radical (unpaired) electrons. The number of rotatable bonds is 2. The third kappa shape index (κ3) is 3.04. The highest BCUT2D eigenvalue weighted by Crippen LogP contribution is 2.45. The van der Waals surface area contributed by atoms with E-state index >= 15 is 0 Å². The largest absolute Gasteiger partial charge is 0.371 e. The van der Waals surface area contributed by atoms with E-state index in [1.165, 1.54) is 22.3 Å². The van der Waals surface area contributed by atoms with Gasteiger partial charge in [-0.05, 0) is 79.7 Å². The number of ether oxygens (including phenoxy) is 1. The van der Waals surface area contributed by atoms with Crippen LogP contribution < -0.4 is 0 Å². The van der Waals surface area contributed by atoms with E-state index in [0.29, 0.717) is 23.9 Å². The molecule has 0 saturated carbocycles. The molecule has 2 rings (SSSR count). The van der Waals surface area contributed by atoms with Crippen LogP contribution in [-0.4, -0.2) is 6.10 Å². The topological polar surface area (TPSA) is 9.23 Å². The van der Waals surface area contributed by atoms with Gasteiger partial charge in [-0.3, -0.25) is 0 Å². The molecule has 0 N–H and O–H groups in total. The van der Waals surface area contributed by atoms with E-state index in [-0.39, 0.29) is 6.10 Å². The van der Waals surface area contributed by atoms with Crippen molar-refractivity contribution in [2.24, 2.45) is 5.92 Å². The molecule has 1 unspecified atom stereocenters. The van der Waals surface area contributed by atoms with E-state index in [1.807, 2.05) is 0 Å². The van der Waals surface area contributed by atoms with Crippen LogP contribution in [0.5, 0.6) is 0 Å². The van der Waals surface area contributed by atoms with Crippen molar-refractivity contribution < 1.29 is 4.74 Å². The summed E-state index contributed by atoms with van der Waals surface area (Å²) in [6.45, 7) is 18.3. The Morgan fingerprint density at radius 2 is 1.67 bits per heavy atom. The molecule has 0 fully saturated rings. The summed E-state index contributed by atoms with van der Waals surface area (Å²) in [5.74, 6) is 1.83. The van der Waals surface area contributed by atoms with Crippen molar-refractivity contribution in [1.29, 1.82) is 0 Å². The van der Waals surface area contributed by atoms with Gasteiger partial charge in [-0.25, -0.2) is 0 Å². The van der Waals surface area contributed by atoms with Crippen LogP contribution in [0.25, 0.3) is 0 Å². The summed E-state index contributed by atoms with van der Waals surface area (Å²) >= 11 is 0. The van der Waals surface area contributed by atoms with Crippen molar-refractivity contribution >= 4 is 0 Å². The molecular formula is C20H32O. The van der Waals surface area contributed by atoms with Crippen molar-refractivity contribution in [3.8, 4) is 0 Å². The lowest BCUT2D eigenvalue weighted by Gasteiger charge is -2.29. The quantitative estimate of drug-likeness (QED) is 0.645. The lowest BCUT2D eigenvalue weighted by Crippen LogP contribution is -2.16. The van der Waals surface area contributed by atoms with E-state index in [9.17, 15) is 0 Å². The Kier molecular flexibility index (Phi) is 4.82. The first-order valence-electron chi connectivity index (χ1n) is 8.53. The lowest BCUT2D eigenvalue weighted by atomic mass is 9.75. The van der Waals surface area contributed by atoms with Gasteiger partial charge in [0, 0.05) is 0 Å². The molecular weight excluding hydrogens is 256 g/mol. The first-order chi connectivity index (χ1) is 9.73. The number of hydrogen-bond donors (Lipinski definition) is 0. The molecule has 1 heteroatoms. The summed E-state index contributed by atoms with van der Waals surface area (Å²) in [6.07, 6.45) is 1.67. The third-order valence-electron chi connectivity index (χ3n) is 5.20. The maximum atomic E-state index is 6.29. The van der Waals surface area contributed by atoms with Crippen LogP contribution in [0, 0.1) is 19.8 Å². The minimum absolute atomic E-state index is 0.205. The maximum Gasteiger partial charge on any atom is 0.0805 e. The van der Waals surface area contributed by atoms with E-state index in [2.05, 4.69) is 61.5 Å². The van der Waals surface area contributed by atoms with Crippen LogP contribution in [-0.2, 0) is 4.74 Å². The SMILES string of the molecule is Cc1cc(C(C)C)c2c(c1C)[C@@H](C)O[C@@H](C)CC2C(C)C. The van der Waals surface area contributed by atoms with Crippen LogP contribution in [0.3, 0.4) is 0 Å². The molecule has 21 heavy (non-hydrogen) atoms. The molecule has 1 aromatic rings. The minimum atomic E-state index is 0.205. The molecule has 0 spiro atoms. The molecule has 0 saturated heterocycles. The zero-order valence-corrected chi connectivity index (χ0v) is 15.1. The first kappa shape index (κ1) is 16.5. The molecule has 0 amide bonds. The third-order valence-corrected chi connectivity index (χ3v) is 5.20.